The molecule has 7 heteroatoms. The lowest BCUT2D eigenvalue weighted by Gasteiger charge is -2.08. The minimum atomic E-state index is -0.441. The molecule has 2 N–H and O–H groups in total. The lowest BCUT2D eigenvalue weighted by molar-refractivity contribution is 0.0944. The second-order valence-electron chi connectivity index (χ2n) is 5.97. The van der Waals surface area contributed by atoms with Gasteiger partial charge in [-0.05, 0) is 12.3 Å². The van der Waals surface area contributed by atoms with Gasteiger partial charge in [-0.15, -0.1) is 0 Å². The predicted molar refractivity (Wildman–Crippen MR) is 93.1 cm³/mol. The Morgan fingerprint density at radius 1 is 1.16 bits per heavy atom. The molecule has 0 saturated carbocycles. The van der Waals surface area contributed by atoms with Gasteiger partial charge in [0.15, 0.2) is 11.5 Å². The molecule has 1 aromatic carbocycles. The second-order valence-corrected chi connectivity index (χ2v) is 5.97. The zero-order valence-corrected chi connectivity index (χ0v) is 14.5. The fraction of sp³-hybridized carbons (Fsp3) is 0.389. The summed E-state index contributed by atoms with van der Waals surface area (Å²) in [6.07, 6.45) is 0.148. The number of alkyl carbamates (subject to hydrolysis) is 1. The zero-order chi connectivity index (χ0) is 18.1. The molecule has 0 spiro atoms. The lowest BCUT2D eigenvalue weighted by Crippen LogP contribution is -2.30. The summed E-state index contributed by atoms with van der Waals surface area (Å²) >= 11 is 0. The molecule has 0 fully saturated rings. The largest absolute Gasteiger partial charge is 0.449 e. The van der Waals surface area contributed by atoms with E-state index in [0.29, 0.717) is 37.8 Å². The zero-order valence-electron chi connectivity index (χ0n) is 14.5. The van der Waals surface area contributed by atoms with Gasteiger partial charge in [-0.25, -0.2) is 4.79 Å². The summed E-state index contributed by atoms with van der Waals surface area (Å²) in [6, 6.07) is 11.0. The van der Waals surface area contributed by atoms with Crippen molar-refractivity contribution in [1.29, 1.82) is 0 Å². The number of nitrogens with zero attached hydrogens (tertiary/aromatic N) is 1. The number of aromatic nitrogens is 1. The molecule has 0 saturated heterocycles. The Balaban J connectivity index is 1.67. The van der Waals surface area contributed by atoms with Crippen LogP contribution in [0, 0.1) is 5.92 Å². The third-order valence-electron chi connectivity index (χ3n) is 3.26. The van der Waals surface area contributed by atoms with Crippen molar-refractivity contribution in [3.8, 4) is 11.3 Å². The molecule has 25 heavy (non-hydrogen) atoms. The standard InChI is InChI=1S/C18H23N3O4/c1-13(2)12-24-18(23)20-10-6-9-19-17(22)15-11-16(25-21-15)14-7-4-3-5-8-14/h3-5,7-8,11,13H,6,9-10,12H2,1-2H3,(H,19,22)(H,20,23). The Labute approximate surface area is 146 Å². The van der Waals surface area contributed by atoms with Gasteiger partial charge in [-0.1, -0.05) is 49.3 Å². The Morgan fingerprint density at radius 3 is 2.60 bits per heavy atom. The minimum absolute atomic E-state index is 0.225. The first-order valence-electron chi connectivity index (χ1n) is 8.27. The molecule has 0 radical (unpaired) electrons. The van der Waals surface area contributed by atoms with E-state index < -0.39 is 6.09 Å². The van der Waals surface area contributed by atoms with Crippen molar-refractivity contribution in [2.75, 3.05) is 19.7 Å². The molecule has 0 bridgehead atoms. The maximum atomic E-state index is 12.0. The summed E-state index contributed by atoms with van der Waals surface area (Å²) in [6.45, 7) is 5.16. The summed E-state index contributed by atoms with van der Waals surface area (Å²) in [4.78, 5) is 23.4. The van der Waals surface area contributed by atoms with Crippen LogP contribution in [0.4, 0.5) is 4.79 Å². The molecule has 0 aliphatic heterocycles. The van der Waals surface area contributed by atoms with Gasteiger partial charge in [-0.3, -0.25) is 4.79 Å². The molecule has 0 aliphatic rings. The number of carbonyl (C=O) groups excluding carboxylic acids is 2. The number of hydrogen-bond donors (Lipinski definition) is 2. The topological polar surface area (TPSA) is 93.5 Å². The summed E-state index contributed by atoms with van der Waals surface area (Å²) < 4.78 is 10.2. The molecule has 134 valence electrons. The fourth-order valence-electron chi connectivity index (χ4n) is 1.99. The molecule has 7 nitrogen and oxygen atoms in total. The van der Waals surface area contributed by atoms with Crippen molar-refractivity contribution in [3.05, 3.63) is 42.1 Å². The Hall–Kier alpha value is -2.83. The average molecular weight is 345 g/mol. The van der Waals surface area contributed by atoms with Gasteiger partial charge in [0.2, 0.25) is 0 Å². The van der Waals surface area contributed by atoms with Crippen LogP contribution < -0.4 is 10.6 Å². The van der Waals surface area contributed by atoms with E-state index in [2.05, 4.69) is 15.8 Å². The van der Waals surface area contributed by atoms with Crippen LogP contribution in [-0.2, 0) is 4.74 Å². The van der Waals surface area contributed by atoms with Crippen LogP contribution in [0.15, 0.2) is 40.9 Å². The summed E-state index contributed by atoms with van der Waals surface area (Å²) in [5.74, 6) is 0.530. The molecule has 2 rings (SSSR count). The van der Waals surface area contributed by atoms with Gasteiger partial charge in [0.05, 0.1) is 6.61 Å². The number of carbonyl (C=O) groups is 2. The van der Waals surface area contributed by atoms with Crippen LogP contribution >= 0.6 is 0 Å². The first kappa shape index (κ1) is 18.5. The highest BCUT2D eigenvalue weighted by Crippen LogP contribution is 2.19. The van der Waals surface area contributed by atoms with E-state index in [1.54, 1.807) is 6.07 Å². The number of rotatable bonds is 8. The van der Waals surface area contributed by atoms with E-state index in [-0.39, 0.29) is 11.6 Å². The van der Waals surface area contributed by atoms with Crippen LogP contribution in [0.25, 0.3) is 11.3 Å². The Bertz CT molecular complexity index is 683. The Kier molecular flexibility index (Phi) is 7.00. The smallest absolute Gasteiger partial charge is 0.407 e. The predicted octanol–water partition coefficient (Wildman–Crippen LogP) is 2.84. The number of amides is 2. The number of benzene rings is 1. The SMILES string of the molecule is CC(C)COC(=O)NCCCNC(=O)c1cc(-c2ccccc2)on1. The highest BCUT2D eigenvalue weighted by molar-refractivity contribution is 5.93. The van der Waals surface area contributed by atoms with Crippen LogP contribution in [0.3, 0.4) is 0 Å². The molecule has 0 aliphatic carbocycles. The Morgan fingerprint density at radius 2 is 1.88 bits per heavy atom. The van der Waals surface area contributed by atoms with Crippen LogP contribution in [0.2, 0.25) is 0 Å². The highest BCUT2D eigenvalue weighted by atomic mass is 16.5. The van der Waals surface area contributed by atoms with Crippen molar-refractivity contribution in [2.24, 2.45) is 5.92 Å². The minimum Gasteiger partial charge on any atom is -0.449 e. The van der Waals surface area contributed by atoms with Gasteiger partial charge in [-0.2, -0.15) is 0 Å². The van der Waals surface area contributed by atoms with Gasteiger partial charge < -0.3 is 19.9 Å². The highest BCUT2D eigenvalue weighted by Gasteiger charge is 2.13. The van der Waals surface area contributed by atoms with Gasteiger partial charge in [0, 0.05) is 24.7 Å². The summed E-state index contributed by atoms with van der Waals surface area (Å²) in [5.41, 5.74) is 1.08. The van der Waals surface area contributed by atoms with Crippen molar-refractivity contribution in [1.82, 2.24) is 15.8 Å². The molecular weight excluding hydrogens is 322 g/mol. The van der Waals surface area contributed by atoms with Crippen molar-refractivity contribution in [2.45, 2.75) is 20.3 Å². The van der Waals surface area contributed by atoms with E-state index in [1.807, 2.05) is 44.2 Å². The number of nitrogens with one attached hydrogen (secondary N) is 2. The molecule has 2 aromatic rings. The van der Waals surface area contributed by atoms with Crippen LogP contribution in [-0.4, -0.2) is 36.9 Å². The van der Waals surface area contributed by atoms with Gasteiger partial charge in [0.1, 0.15) is 0 Å². The maximum Gasteiger partial charge on any atom is 0.407 e. The average Bonchev–Trinajstić information content (AvgIpc) is 3.10. The number of ether oxygens (including phenoxy) is 1. The maximum absolute atomic E-state index is 12.0. The molecular formula is C18H23N3O4. The third-order valence-corrected chi connectivity index (χ3v) is 3.26. The summed E-state index contributed by atoms with van der Waals surface area (Å²) in [7, 11) is 0. The van der Waals surface area contributed by atoms with Gasteiger partial charge >= 0.3 is 6.09 Å². The lowest BCUT2D eigenvalue weighted by atomic mass is 10.1. The first-order valence-corrected chi connectivity index (χ1v) is 8.27. The monoisotopic (exact) mass is 345 g/mol. The van der Waals surface area contributed by atoms with E-state index >= 15 is 0 Å². The first-order chi connectivity index (χ1) is 12.1. The fourth-order valence-corrected chi connectivity index (χ4v) is 1.99. The van der Waals surface area contributed by atoms with E-state index in [0.717, 1.165) is 5.56 Å². The quantitative estimate of drug-likeness (QED) is 0.718. The third kappa shape index (κ3) is 6.29. The van der Waals surface area contributed by atoms with Crippen molar-refractivity contribution in [3.63, 3.8) is 0 Å². The molecule has 0 atom stereocenters. The van der Waals surface area contributed by atoms with Crippen molar-refractivity contribution >= 4 is 12.0 Å². The summed E-state index contributed by atoms with van der Waals surface area (Å²) in [5, 5.41) is 9.15. The van der Waals surface area contributed by atoms with Crippen LogP contribution in [0.1, 0.15) is 30.8 Å². The molecule has 0 unspecified atom stereocenters. The molecule has 1 heterocycles. The van der Waals surface area contributed by atoms with Gasteiger partial charge in [0.25, 0.3) is 5.91 Å². The normalized spacial score (nSPS) is 10.5. The van der Waals surface area contributed by atoms with E-state index in [1.165, 1.54) is 0 Å². The number of hydrogen-bond acceptors (Lipinski definition) is 5. The van der Waals surface area contributed by atoms with Crippen molar-refractivity contribution < 1.29 is 18.8 Å². The molecule has 1 aromatic heterocycles. The van der Waals surface area contributed by atoms with E-state index in [9.17, 15) is 9.59 Å². The van der Waals surface area contributed by atoms with E-state index in [4.69, 9.17) is 9.26 Å². The second kappa shape index (κ2) is 9.46. The molecule has 2 amide bonds. The van der Waals surface area contributed by atoms with Crippen LogP contribution in [0.5, 0.6) is 0 Å².